The first kappa shape index (κ1) is 19.0. The van der Waals surface area contributed by atoms with Gasteiger partial charge in [-0.15, -0.1) is 0 Å². The molecule has 1 amide bonds. The third-order valence-electron chi connectivity index (χ3n) is 2.28. The van der Waals surface area contributed by atoms with Gasteiger partial charge in [0.2, 0.25) is 0 Å². The number of nitrogens with one attached hydrogen (secondary N) is 1. The fourth-order valence-electron chi connectivity index (χ4n) is 1.64. The van der Waals surface area contributed by atoms with E-state index in [1.54, 1.807) is 10.2 Å². The summed E-state index contributed by atoms with van der Waals surface area (Å²) in [7, 11) is 0. The summed E-state index contributed by atoms with van der Waals surface area (Å²) >= 11 is -1.71. The van der Waals surface area contributed by atoms with Crippen molar-refractivity contribution < 1.29 is 50.8 Å². The summed E-state index contributed by atoms with van der Waals surface area (Å²) in [5.74, 6) is -0.487. The van der Waals surface area contributed by atoms with E-state index in [-0.39, 0.29) is 30.7 Å². The zero-order chi connectivity index (χ0) is 10.7. The van der Waals surface area contributed by atoms with Gasteiger partial charge in [-0.2, -0.15) is 0 Å². The number of amides is 1. The largest absolute Gasteiger partial charge is 1.00 e. The Morgan fingerprint density at radius 1 is 1.44 bits per heavy atom. The maximum Gasteiger partial charge on any atom is -1.00 e. The van der Waals surface area contributed by atoms with E-state index in [2.05, 4.69) is 35.4 Å². The van der Waals surface area contributed by atoms with Crippen LogP contribution in [0.5, 0.6) is 0 Å². The summed E-state index contributed by atoms with van der Waals surface area (Å²) in [6.45, 7) is 8.51. The van der Waals surface area contributed by atoms with E-state index >= 15 is 0 Å². The molecule has 2 nitrogen and oxygen atoms in total. The van der Waals surface area contributed by atoms with Gasteiger partial charge in [0.25, 0.3) is 0 Å². The van der Waals surface area contributed by atoms with Gasteiger partial charge in [0, 0.05) is 0 Å². The minimum atomic E-state index is -1.71. The molecule has 0 aromatic rings. The molecule has 1 aliphatic carbocycles. The Bertz CT molecular complexity index is 305. The normalized spacial score (nSPS) is 13.3. The minimum absolute atomic E-state index is 0. The fourth-order valence-corrected chi connectivity index (χ4v) is 15.7. The van der Waals surface area contributed by atoms with Crippen LogP contribution in [-0.2, 0) is 26.0 Å². The standard InChI is InChI=1S/C6H7.C2H5NO.C2H7Si.2ClH.Zr/c1-6-4-2-3-5-6;1-2(3)4;1-3-2;;;/h4-5H,2H2,1H3;1H3,(H2,3,4);3H,1-2H3;2*1H;/q;;;;;+3/p-3. The molecule has 0 atom stereocenters. The van der Waals surface area contributed by atoms with Crippen molar-refractivity contribution in [3.8, 4) is 0 Å². The van der Waals surface area contributed by atoms with Crippen molar-refractivity contribution in [1.29, 1.82) is 0 Å². The number of rotatable bonds is 3. The van der Waals surface area contributed by atoms with E-state index in [4.69, 9.17) is 0 Å². The minimum Gasteiger partial charge on any atom is -1.00 e. The third-order valence-corrected chi connectivity index (χ3v) is 19.1. The molecule has 1 rings (SSSR count). The molecular weight excluding hydrogens is 340 g/mol. The zero-order valence-electron chi connectivity index (χ0n) is 10.1. The van der Waals surface area contributed by atoms with Gasteiger partial charge in [0.1, 0.15) is 0 Å². The number of allylic oxidation sites excluding steroid dienone is 4. The van der Waals surface area contributed by atoms with Gasteiger partial charge in [0.05, 0.1) is 0 Å². The van der Waals surface area contributed by atoms with Gasteiger partial charge in [-0.3, -0.25) is 0 Å². The molecule has 0 fully saturated rings. The second-order valence-electron chi connectivity index (χ2n) is 4.07. The molecule has 6 heteroatoms. The maximum atomic E-state index is 11.1. The molecule has 0 heterocycles. The Morgan fingerprint density at radius 3 is 2.31 bits per heavy atom. The molecule has 0 unspecified atom stereocenters. The van der Waals surface area contributed by atoms with E-state index in [0.717, 1.165) is 6.42 Å². The van der Waals surface area contributed by atoms with Gasteiger partial charge < -0.3 is 24.8 Å². The van der Waals surface area contributed by atoms with Crippen molar-refractivity contribution in [2.45, 2.75) is 33.4 Å². The SMILES string of the molecule is CC(=O)[NH][Zr+2]([C]1=CC(C)=CC1)[SiH](C)C.[Cl-].[Cl-]. The molecule has 16 heavy (non-hydrogen) atoms. The second kappa shape index (κ2) is 8.68. The average molecular weight is 358 g/mol. The molecule has 0 spiro atoms. The summed E-state index contributed by atoms with van der Waals surface area (Å²) in [5.41, 5.74) is 1.37. The van der Waals surface area contributed by atoms with Crippen molar-refractivity contribution in [3.63, 3.8) is 0 Å². The van der Waals surface area contributed by atoms with Crippen molar-refractivity contribution in [3.05, 3.63) is 21.0 Å². The first-order valence-electron chi connectivity index (χ1n) is 5.03. The maximum absolute atomic E-state index is 11.1. The van der Waals surface area contributed by atoms with Crippen LogP contribution in [0.2, 0.25) is 13.1 Å². The first-order chi connectivity index (χ1) is 6.50. The summed E-state index contributed by atoms with van der Waals surface area (Å²) < 4.78 is 4.84. The summed E-state index contributed by atoms with van der Waals surface area (Å²) in [5, 5.41) is 0. The van der Waals surface area contributed by atoms with E-state index < -0.39 is 27.1 Å². The van der Waals surface area contributed by atoms with Crippen LogP contribution in [0.1, 0.15) is 20.3 Å². The van der Waals surface area contributed by atoms with Crippen molar-refractivity contribution in [1.82, 2.24) is 3.26 Å². The predicted molar refractivity (Wildman–Crippen MR) is 59.2 cm³/mol. The van der Waals surface area contributed by atoms with Gasteiger partial charge in [-0.25, -0.2) is 0 Å². The number of carbonyl (C=O) groups excluding carboxylic acids is 1. The molecule has 0 aromatic heterocycles. The average Bonchev–Trinajstić information content (AvgIpc) is 2.46. The number of hydrogen-bond donors (Lipinski definition) is 1. The Hall–Kier alpha value is 0.630. The van der Waals surface area contributed by atoms with E-state index in [1.165, 1.54) is 5.57 Å². The van der Waals surface area contributed by atoms with Crippen LogP contribution in [0.25, 0.3) is 0 Å². The molecule has 1 N–H and O–H groups in total. The molecule has 0 aliphatic heterocycles. The molecule has 0 aromatic carbocycles. The first-order valence-corrected chi connectivity index (χ1v) is 14.6. The van der Waals surface area contributed by atoms with Crippen molar-refractivity contribution in [2.75, 3.05) is 0 Å². The Kier molecular flexibility index (Phi) is 10.3. The number of carbonyl (C=O) groups is 1. The van der Waals surface area contributed by atoms with Crippen LogP contribution >= 0.6 is 0 Å². The van der Waals surface area contributed by atoms with E-state index in [0.29, 0.717) is 0 Å². The third kappa shape index (κ3) is 5.81. The molecule has 0 bridgehead atoms. The number of hydrogen-bond acceptors (Lipinski definition) is 1. The van der Waals surface area contributed by atoms with Crippen LogP contribution in [0.4, 0.5) is 0 Å². The van der Waals surface area contributed by atoms with Gasteiger partial charge in [-0.1, -0.05) is 0 Å². The van der Waals surface area contributed by atoms with Crippen molar-refractivity contribution >= 4 is 11.8 Å². The van der Waals surface area contributed by atoms with Crippen LogP contribution in [0.15, 0.2) is 21.0 Å². The van der Waals surface area contributed by atoms with Crippen molar-refractivity contribution in [2.24, 2.45) is 0 Å². The van der Waals surface area contributed by atoms with E-state index in [9.17, 15) is 4.79 Å². The summed E-state index contributed by atoms with van der Waals surface area (Å²) in [6, 6.07) is 0. The fraction of sp³-hybridized carbons (Fsp3) is 0.500. The molecule has 0 saturated heterocycles. The smallest absolute Gasteiger partial charge is 1.00 e. The second-order valence-corrected chi connectivity index (χ2v) is 22.5. The van der Waals surface area contributed by atoms with Gasteiger partial charge in [0.15, 0.2) is 0 Å². The molecule has 91 valence electrons. The molecular formula is C10H18Cl2NOSiZr. The van der Waals surface area contributed by atoms with Crippen LogP contribution < -0.4 is 28.1 Å². The monoisotopic (exact) mass is 356 g/mol. The van der Waals surface area contributed by atoms with Gasteiger partial charge >= 0.3 is 95.5 Å². The Morgan fingerprint density at radius 2 is 2.00 bits per heavy atom. The van der Waals surface area contributed by atoms with Crippen LogP contribution in [-0.4, -0.2) is 11.8 Å². The molecule has 0 saturated carbocycles. The Balaban J connectivity index is 0. The molecule has 1 aliphatic rings. The van der Waals surface area contributed by atoms with Crippen LogP contribution in [0.3, 0.4) is 0 Å². The van der Waals surface area contributed by atoms with Crippen LogP contribution in [0, 0.1) is 0 Å². The summed E-state index contributed by atoms with van der Waals surface area (Å²) in [6.07, 6.45) is 5.68. The topological polar surface area (TPSA) is 29.1 Å². The summed E-state index contributed by atoms with van der Waals surface area (Å²) in [4.78, 5) is 11.1. The van der Waals surface area contributed by atoms with E-state index in [1.807, 2.05) is 0 Å². The Labute approximate surface area is 119 Å². The number of halogens is 2. The quantitative estimate of drug-likeness (QED) is 0.511. The zero-order valence-corrected chi connectivity index (χ0v) is 15.2. The predicted octanol–water partition coefficient (Wildman–Crippen LogP) is -4.12. The molecule has 0 radical (unpaired) electrons. The van der Waals surface area contributed by atoms with Gasteiger partial charge in [-0.05, 0) is 0 Å².